The van der Waals surface area contributed by atoms with Crippen LogP contribution < -0.4 is 5.32 Å². The van der Waals surface area contributed by atoms with Gasteiger partial charge in [-0.05, 0) is 71.2 Å². The van der Waals surface area contributed by atoms with E-state index in [-0.39, 0.29) is 0 Å². The van der Waals surface area contributed by atoms with E-state index in [1.807, 2.05) is 0 Å². The third-order valence-corrected chi connectivity index (χ3v) is 5.48. The summed E-state index contributed by atoms with van der Waals surface area (Å²) in [5.41, 5.74) is 2.53. The molecule has 1 N–H and O–H groups in total. The monoisotopic (exact) mass is 373 g/mol. The standard InChI is InChI=1S/C22H39N5/c1-6-25(7-2)15-10-14-23-22-20-18-19(5)12-13-21(20)27(24-22)17-11-16-26(8-3)9-4/h12-13,18H,6-11,14-17H2,1-5H3,(H,23,24). The van der Waals surface area contributed by atoms with Gasteiger partial charge in [0.2, 0.25) is 0 Å². The number of aromatic nitrogens is 2. The summed E-state index contributed by atoms with van der Waals surface area (Å²) in [6.07, 6.45) is 2.28. The van der Waals surface area contributed by atoms with Crippen molar-refractivity contribution in [2.45, 2.75) is 54.0 Å². The summed E-state index contributed by atoms with van der Waals surface area (Å²) < 4.78 is 2.19. The second-order valence-corrected chi connectivity index (χ2v) is 7.28. The van der Waals surface area contributed by atoms with Crippen molar-refractivity contribution in [3.8, 4) is 0 Å². The lowest BCUT2D eigenvalue weighted by atomic mass is 10.1. The second kappa shape index (κ2) is 11.3. The molecule has 27 heavy (non-hydrogen) atoms. The van der Waals surface area contributed by atoms with E-state index < -0.39 is 0 Å². The lowest BCUT2D eigenvalue weighted by Gasteiger charge is -2.17. The largest absolute Gasteiger partial charge is 0.368 e. The van der Waals surface area contributed by atoms with Crippen molar-refractivity contribution in [2.75, 3.05) is 51.1 Å². The minimum absolute atomic E-state index is 0.968. The summed E-state index contributed by atoms with van der Waals surface area (Å²) in [4.78, 5) is 4.94. The zero-order valence-electron chi connectivity index (χ0n) is 18.1. The molecule has 0 aliphatic rings. The lowest BCUT2D eigenvalue weighted by Crippen LogP contribution is -2.25. The smallest absolute Gasteiger partial charge is 0.155 e. The first-order chi connectivity index (χ1) is 13.1. The van der Waals surface area contributed by atoms with Gasteiger partial charge in [-0.25, -0.2) is 0 Å². The van der Waals surface area contributed by atoms with Crippen LogP contribution in [-0.2, 0) is 6.54 Å². The fourth-order valence-electron chi connectivity index (χ4n) is 3.63. The molecule has 0 radical (unpaired) electrons. The van der Waals surface area contributed by atoms with E-state index in [2.05, 4.69) is 72.6 Å². The number of rotatable bonds is 13. The molecule has 2 aromatic rings. The summed E-state index contributed by atoms with van der Waals surface area (Å²) in [6, 6.07) is 6.67. The van der Waals surface area contributed by atoms with Gasteiger partial charge < -0.3 is 15.1 Å². The van der Waals surface area contributed by atoms with Crippen molar-refractivity contribution in [3.05, 3.63) is 23.8 Å². The molecule has 0 unspecified atom stereocenters. The highest BCUT2D eigenvalue weighted by Crippen LogP contribution is 2.24. The zero-order chi connectivity index (χ0) is 19.6. The van der Waals surface area contributed by atoms with E-state index in [4.69, 9.17) is 5.10 Å². The molecule has 1 aromatic heterocycles. The topological polar surface area (TPSA) is 36.3 Å². The quantitative estimate of drug-likeness (QED) is 0.533. The SMILES string of the molecule is CCN(CC)CCCNc1nn(CCCN(CC)CC)c2ccc(C)cc12. The van der Waals surface area contributed by atoms with E-state index in [0.29, 0.717) is 0 Å². The normalized spacial score (nSPS) is 11.8. The Balaban J connectivity index is 2.02. The molecule has 0 saturated carbocycles. The average Bonchev–Trinajstić information content (AvgIpc) is 3.02. The van der Waals surface area contributed by atoms with Crippen LogP contribution in [0.1, 0.15) is 46.1 Å². The van der Waals surface area contributed by atoms with Gasteiger partial charge >= 0.3 is 0 Å². The van der Waals surface area contributed by atoms with Gasteiger partial charge in [-0.3, -0.25) is 4.68 Å². The Bertz CT molecular complexity index is 671. The number of hydrogen-bond acceptors (Lipinski definition) is 4. The van der Waals surface area contributed by atoms with Gasteiger partial charge in [0, 0.05) is 18.5 Å². The predicted octanol–water partition coefficient (Wildman–Crippen LogP) is 4.22. The average molecular weight is 374 g/mol. The van der Waals surface area contributed by atoms with Crippen molar-refractivity contribution < 1.29 is 0 Å². The number of fused-ring (bicyclic) bond motifs is 1. The number of hydrogen-bond donors (Lipinski definition) is 1. The maximum atomic E-state index is 4.91. The Labute approximate surface area is 165 Å². The van der Waals surface area contributed by atoms with Crippen molar-refractivity contribution in [3.63, 3.8) is 0 Å². The number of benzene rings is 1. The maximum Gasteiger partial charge on any atom is 0.155 e. The molecule has 0 amide bonds. The molecule has 0 atom stereocenters. The van der Waals surface area contributed by atoms with Crippen LogP contribution in [0.2, 0.25) is 0 Å². The van der Waals surface area contributed by atoms with Crippen LogP contribution in [0.5, 0.6) is 0 Å². The van der Waals surface area contributed by atoms with Crippen molar-refractivity contribution >= 4 is 16.7 Å². The molecule has 0 aliphatic carbocycles. The summed E-state index contributed by atoms with van der Waals surface area (Å²) in [5.74, 6) is 1.04. The number of nitrogens with zero attached hydrogens (tertiary/aromatic N) is 4. The van der Waals surface area contributed by atoms with E-state index in [1.165, 1.54) is 16.5 Å². The van der Waals surface area contributed by atoms with Crippen molar-refractivity contribution in [1.29, 1.82) is 0 Å². The second-order valence-electron chi connectivity index (χ2n) is 7.28. The number of nitrogens with one attached hydrogen (secondary N) is 1. The highest BCUT2D eigenvalue weighted by Gasteiger charge is 2.11. The third-order valence-electron chi connectivity index (χ3n) is 5.48. The fourth-order valence-corrected chi connectivity index (χ4v) is 3.63. The molecule has 5 nitrogen and oxygen atoms in total. The van der Waals surface area contributed by atoms with Crippen molar-refractivity contribution in [2.24, 2.45) is 0 Å². The Hall–Kier alpha value is -1.59. The first kappa shape index (κ1) is 21.7. The molecule has 152 valence electrons. The van der Waals surface area contributed by atoms with Gasteiger partial charge in [0.15, 0.2) is 5.82 Å². The molecule has 0 spiro atoms. The first-order valence-electron chi connectivity index (χ1n) is 10.8. The van der Waals surface area contributed by atoms with E-state index in [9.17, 15) is 0 Å². The Morgan fingerprint density at radius 2 is 1.56 bits per heavy atom. The van der Waals surface area contributed by atoms with E-state index >= 15 is 0 Å². The highest BCUT2D eigenvalue weighted by atomic mass is 15.3. The van der Waals surface area contributed by atoms with Gasteiger partial charge in [0.25, 0.3) is 0 Å². The summed E-state index contributed by atoms with van der Waals surface area (Å²) in [5, 5.41) is 9.75. The Morgan fingerprint density at radius 1 is 0.926 bits per heavy atom. The first-order valence-corrected chi connectivity index (χ1v) is 10.8. The van der Waals surface area contributed by atoms with Crippen LogP contribution in [0.25, 0.3) is 10.9 Å². The van der Waals surface area contributed by atoms with Gasteiger partial charge in [-0.1, -0.05) is 39.3 Å². The minimum Gasteiger partial charge on any atom is -0.368 e. The van der Waals surface area contributed by atoms with Crippen LogP contribution in [-0.4, -0.2) is 65.4 Å². The Kier molecular flexibility index (Phi) is 9.08. The van der Waals surface area contributed by atoms with Gasteiger partial charge in [0.1, 0.15) is 0 Å². The van der Waals surface area contributed by atoms with E-state index in [0.717, 1.165) is 71.0 Å². The summed E-state index contributed by atoms with van der Waals surface area (Å²) >= 11 is 0. The number of anilines is 1. The van der Waals surface area contributed by atoms with Gasteiger partial charge in [-0.15, -0.1) is 0 Å². The van der Waals surface area contributed by atoms with Crippen LogP contribution >= 0.6 is 0 Å². The minimum atomic E-state index is 0.968. The molecule has 0 fully saturated rings. The molecule has 2 rings (SSSR count). The maximum absolute atomic E-state index is 4.91. The van der Waals surface area contributed by atoms with Crippen molar-refractivity contribution in [1.82, 2.24) is 19.6 Å². The fraction of sp³-hybridized carbons (Fsp3) is 0.682. The predicted molar refractivity (Wildman–Crippen MR) is 118 cm³/mol. The molecule has 1 heterocycles. The number of aryl methyl sites for hydroxylation is 2. The molecule has 0 bridgehead atoms. The zero-order valence-corrected chi connectivity index (χ0v) is 18.1. The van der Waals surface area contributed by atoms with Crippen LogP contribution in [0.15, 0.2) is 18.2 Å². The Morgan fingerprint density at radius 3 is 2.19 bits per heavy atom. The third kappa shape index (κ3) is 6.22. The van der Waals surface area contributed by atoms with Crippen LogP contribution in [0, 0.1) is 6.92 Å². The lowest BCUT2D eigenvalue weighted by molar-refractivity contribution is 0.292. The summed E-state index contributed by atoms with van der Waals surface area (Å²) in [7, 11) is 0. The highest BCUT2D eigenvalue weighted by molar-refractivity contribution is 5.90. The van der Waals surface area contributed by atoms with Crippen LogP contribution in [0.3, 0.4) is 0 Å². The molecule has 0 aliphatic heterocycles. The van der Waals surface area contributed by atoms with Gasteiger partial charge in [0.05, 0.1) is 5.52 Å². The molecular formula is C22H39N5. The summed E-state index contributed by atoms with van der Waals surface area (Å²) in [6.45, 7) is 19.8. The molecular weight excluding hydrogens is 334 g/mol. The van der Waals surface area contributed by atoms with Gasteiger partial charge in [-0.2, -0.15) is 5.10 Å². The molecule has 0 saturated heterocycles. The van der Waals surface area contributed by atoms with E-state index in [1.54, 1.807) is 0 Å². The molecule has 1 aromatic carbocycles. The molecule has 5 heteroatoms. The van der Waals surface area contributed by atoms with Crippen LogP contribution in [0.4, 0.5) is 5.82 Å².